The SMILES string of the molecule is COc1cccc(OC)c1C(=O)N1CCC(Nc2nc3cccc(F)c3s2)C1. The molecule has 1 aliphatic heterocycles. The quantitative estimate of drug-likeness (QED) is 0.705. The van der Waals surface area contributed by atoms with E-state index in [2.05, 4.69) is 10.3 Å². The van der Waals surface area contributed by atoms with E-state index in [4.69, 9.17) is 9.47 Å². The molecule has 0 aliphatic carbocycles. The van der Waals surface area contributed by atoms with E-state index in [-0.39, 0.29) is 17.8 Å². The lowest BCUT2D eigenvalue weighted by Crippen LogP contribution is -2.32. The number of amides is 1. The molecule has 6 nitrogen and oxygen atoms in total. The molecule has 0 bridgehead atoms. The number of hydrogen-bond donors (Lipinski definition) is 1. The van der Waals surface area contributed by atoms with Crippen LogP contribution in [0, 0.1) is 5.82 Å². The summed E-state index contributed by atoms with van der Waals surface area (Å²) >= 11 is 1.29. The van der Waals surface area contributed by atoms with Crippen LogP contribution in [0.4, 0.5) is 9.52 Å². The number of ether oxygens (including phenoxy) is 2. The fraction of sp³-hybridized carbons (Fsp3) is 0.300. The molecule has 2 heterocycles. The van der Waals surface area contributed by atoms with Crippen molar-refractivity contribution in [3.63, 3.8) is 0 Å². The molecule has 1 N–H and O–H groups in total. The lowest BCUT2D eigenvalue weighted by Gasteiger charge is -2.20. The molecule has 1 saturated heterocycles. The summed E-state index contributed by atoms with van der Waals surface area (Å²) in [5.41, 5.74) is 1.06. The van der Waals surface area contributed by atoms with Crippen LogP contribution in [-0.2, 0) is 0 Å². The zero-order valence-corrected chi connectivity index (χ0v) is 16.4. The molecule has 146 valence electrons. The predicted molar refractivity (Wildman–Crippen MR) is 107 cm³/mol. The summed E-state index contributed by atoms with van der Waals surface area (Å²) < 4.78 is 25.1. The van der Waals surface area contributed by atoms with Crippen molar-refractivity contribution in [3.05, 3.63) is 47.8 Å². The van der Waals surface area contributed by atoms with Gasteiger partial charge in [0.1, 0.15) is 22.9 Å². The monoisotopic (exact) mass is 401 g/mol. The van der Waals surface area contributed by atoms with Crippen molar-refractivity contribution >= 4 is 32.6 Å². The first kappa shape index (κ1) is 18.5. The van der Waals surface area contributed by atoms with Gasteiger partial charge in [0.05, 0.1) is 24.4 Å². The number of nitrogens with zero attached hydrogens (tertiary/aromatic N) is 2. The van der Waals surface area contributed by atoms with E-state index < -0.39 is 0 Å². The summed E-state index contributed by atoms with van der Waals surface area (Å²) in [7, 11) is 3.07. The second-order valence-electron chi connectivity index (χ2n) is 6.53. The average molecular weight is 401 g/mol. The van der Waals surface area contributed by atoms with Gasteiger partial charge in [-0.2, -0.15) is 0 Å². The lowest BCUT2D eigenvalue weighted by atomic mass is 10.1. The van der Waals surface area contributed by atoms with Crippen LogP contribution in [-0.4, -0.2) is 49.1 Å². The third-order valence-electron chi connectivity index (χ3n) is 4.81. The highest BCUT2D eigenvalue weighted by atomic mass is 32.1. The molecule has 1 unspecified atom stereocenters. The highest BCUT2D eigenvalue weighted by Crippen LogP contribution is 2.32. The Morgan fingerprint density at radius 1 is 1.21 bits per heavy atom. The Kier molecular flexibility index (Phi) is 5.04. The van der Waals surface area contributed by atoms with Gasteiger partial charge in [-0.25, -0.2) is 9.37 Å². The van der Waals surface area contributed by atoms with Gasteiger partial charge in [-0.3, -0.25) is 4.79 Å². The number of fused-ring (bicyclic) bond motifs is 1. The van der Waals surface area contributed by atoms with Crippen molar-refractivity contribution in [1.82, 2.24) is 9.88 Å². The Morgan fingerprint density at radius 3 is 2.61 bits per heavy atom. The Balaban J connectivity index is 1.49. The number of thiazole rings is 1. The third-order valence-corrected chi connectivity index (χ3v) is 5.82. The van der Waals surface area contributed by atoms with Crippen molar-refractivity contribution in [2.24, 2.45) is 0 Å². The number of benzene rings is 2. The van der Waals surface area contributed by atoms with Gasteiger partial charge in [0, 0.05) is 19.1 Å². The summed E-state index contributed by atoms with van der Waals surface area (Å²) in [6.07, 6.45) is 0.779. The largest absolute Gasteiger partial charge is 0.496 e. The fourth-order valence-electron chi connectivity index (χ4n) is 3.43. The summed E-state index contributed by atoms with van der Waals surface area (Å²) in [6.45, 7) is 1.13. The Morgan fingerprint density at radius 2 is 1.93 bits per heavy atom. The van der Waals surface area contributed by atoms with Crippen molar-refractivity contribution in [2.75, 3.05) is 32.6 Å². The minimum absolute atomic E-state index is 0.0493. The van der Waals surface area contributed by atoms with E-state index in [9.17, 15) is 9.18 Å². The highest BCUT2D eigenvalue weighted by molar-refractivity contribution is 7.22. The number of methoxy groups -OCH3 is 2. The molecule has 1 aromatic heterocycles. The van der Waals surface area contributed by atoms with Gasteiger partial charge in [0.15, 0.2) is 5.13 Å². The minimum Gasteiger partial charge on any atom is -0.496 e. The van der Waals surface area contributed by atoms with Gasteiger partial charge in [-0.1, -0.05) is 23.5 Å². The molecule has 0 spiro atoms. The summed E-state index contributed by atoms with van der Waals surface area (Å²) in [5, 5.41) is 4.00. The van der Waals surface area contributed by atoms with E-state index in [0.717, 1.165) is 6.42 Å². The Labute approximate surface area is 165 Å². The second-order valence-corrected chi connectivity index (χ2v) is 7.52. The van der Waals surface area contributed by atoms with Crippen LogP contribution in [0.3, 0.4) is 0 Å². The first-order valence-corrected chi connectivity index (χ1v) is 9.74. The van der Waals surface area contributed by atoms with E-state index in [0.29, 0.717) is 45.5 Å². The molecule has 4 rings (SSSR count). The van der Waals surface area contributed by atoms with Crippen molar-refractivity contribution < 1.29 is 18.7 Å². The first-order chi connectivity index (χ1) is 13.6. The number of rotatable bonds is 5. The molecule has 3 aromatic rings. The molecule has 0 saturated carbocycles. The number of carbonyl (C=O) groups excluding carboxylic acids is 1. The molecule has 8 heteroatoms. The number of likely N-dealkylation sites (tertiary alicyclic amines) is 1. The number of hydrogen-bond acceptors (Lipinski definition) is 6. The number of halogens is 1. The van der Waals surface area contributed by atoms with E-state index in [1.54, 1.807) is 35.2 Å². The van der Waals surface area contributed by atoms with Gasteiger partial charge in [-0.05, 0) is 30.7 Å². The van der Waals surface area contributed by atoms with Gasteiger partial charge >= 0.3 is 0 Å². The smallest absolute Gasteiger partial charge is 0.261 e. The van der Waals surface area contributed by atoms with Crippen LogP contribution in [0.5, 0.6) is 11.5 Å². The molecule has 1 fully saturated rings. The van der Waals surface area contributed by atoms with E-state index in [1.165, 1.54) is 31.6 Å². The standard InChI is InChI=1S/C20H20FN3O3S/c1-26-15-7-4-8-16(27-2)17(15)19(25)24-10-9-12(11-24)22-20-23-14-6-3-5-13(21)18(14)28-20/h3-8,12H,9-11H2,1-2H3,(H,22,23). The zero-order chi connectivity index (χ0) is 19.7. The van der Waals surface area contributed by atoms with Gasteiger partial charge in [0.25, 0.3) is 5.91 Å². The molecule has 1 aliphatic rings. The molecule has 1 amide bonds. The number of nitrogens with one attached hydrogen (secondary N) is 1. The third kappa shape index (κ3) is 3.35. The Hall–Kier alpha value is -2.87. The number of aromatic nitrogens is 1. The zero-order valence-electron chi connectivity index (χ0n) is 15.6. The average Bonchev–Trinajstić information content (AvgIpc) is 3.34. The van der Waals surface area contributed by atoms with Gasteiger partial charge in [0.2, 0.25) is 0 Å². The molecular weight excluding hydrogens is 381 g/mol. The first-order valence-electron chi connectivity index (χ1n) is 8.92. The second kappa shape index (κ2) is 7.63. The topological polar surface area (TPSA) is 63.7 Å². The van der Waals surface area contributed by atoms with E-state index in [1.807, 2.05) is 0 Å². The van der Waals surface area contributed by atoms with Gasteiger partial charge < -0.3 is 19.7 Å². The molecule has 28 heavy (non-hydrogen) atoms. The number of carbonyl (C=O) groups is 1. The normalized spacial score (nSPS) is 16.4. The maximum atomic E-state index is 13.9. The van der Waals surface area contributed by atoms with Crippen LogP contribution < -0.4 is 14.8 Å². The van der Waals surface area contributed by atoms with Gasteiger partial charge in [-0.15, -0.1) is 0 Å². The summed E-state index contributed by atoms with van der Waals surface area (Å²) in [5.74, 6) is 0.577. The minimum atomic E-state index is -0.269. The molecular formula is C20H20FN3O3S. The van der Waals surface area contributed by atoms with Crippen molar-refractivity contribution in [1.29, 1.82) is 0 Å². The Bertz CT molecular complexity index is 1000. The maximum Gasteiger partial charge on any atom is 0.261 e. The highest BCUT2D eigenvalue weighted by Gasteiger charge is 2.31. The fourth-order valence-corrected chi connectivity index (χ4v) is 4.38. The van der Waals surface area contributed by atoms with Crippen LogP contribution in [0.2, 0.25) is 0 Å². The van der Waals surface area contributed by atoms with Crippen molar-refractivity contribution in [3.8, 4) is 11.5 Å². The molecule has 1 atom stereocenters. The predicted octanol–water partition coefficient (Wildman–Crippen LogP) is 3.78. The van der Waals surface area contributed by atoms with Crippen LogP contribution >= 0.6 is 11.3 Å². The summed E-state index contributed by atoms with van der Waals surface area (Å²) in [6, 6.07) is 10.2. The van der Waals surface area contributed by atoms with Crippen LogP contribution in [0.1, 0.15) is 16.8 Å². The maximum absolute atomic E-state index is 13.9. The van der Waals surface area contributed by atoms with Crippen LogP contribution in [0.15, 0.2) is 36.4 Å². The number of anilines is 1. The summed E-state index contributed by atoms with van der Waals surface area (Å²) in [4.78, 5) is 19.3. The van der Waals surface area contributed by atoms with Crippen molar-refractivity contribution in [2.45, 2.75) is 12.5 Å². The molecule has 2 aromatic carbocycles. The lowest BCUT2D eigenvalue weighted by molar-refractivity contribution is 0.0784. The molecule has 0 radical (unpaired) electrons. The van der Waals surface area contributed by atoms with E-state index >= 15 is 0 Å². The van der Waals surface area contributed by atoms with Crippen LogP contribution in [0.25, 0.3) is 10.2 Å².